The molecule has 0 fully saturated rings. The molecule has 1 aromatic rings. The fourth-order valence-corrected chi connectivity index (χ4v) is 1.37. The first-order chi connectivity index (χ1) is 8.76. The molecule has 3 N–H and O–H groups in total. The molecule has 5 heteroatoms. The lowest BCUT2D eigenvalue weighted by Gasteiger charge is -2.08. The van der Waals surface area contributed by atoms with Crippen molar-refractivity contribution in [3.8, 4) is 6.07 Å². The van der Waals surface area contributed by atoms with Crippen molar-refractivity contribution in [2.75, 3.05) is 25.0 Å². The number of nitrogens with zero attached hydrogens (tertiary/aromatic N) is 1. The second-order valence-corrected chi connectivity index (χ2v) is 3.82. The zero-order chi connectivity index (χ0) is 13.2. The van der Waals surface area contributed by atoms with Crippen LogP contribution < -0.4 is 16.0 Å². The molecule has 0 saturated heterocycles. The molecule has 0 radical (unpaired) electrons. The Morgan fingerprint density at radius 1 is 1.22 bits per heavy atom. The highest BCUT2D eigenvalue weighted by Gasteiger charge is 2.00. The Labute approximate surface area is 107 Å². The van der Waals surface area contributed by atoms with E-state index in [0.29, 0.717) is 17.8 Å². The van der Waals surface area contributed by atoms with Crippen LogP contribution in [0.5, 0.6) is 0 Å². The smallest absolute Gasteiger partial charge is 0.319 e. The van der Waals surface area contributed by atoms with E-state index in [0.717, 1.165) is 19.5 Å². The third-order valence-corrected chi connectivity index (χ3v) is 2.29. The molecule has 96 valence electrons. The highest BCUT2D eigenvalue weighted by Crippen LogP contribution is 2.08. The molecular formula is C13H18N4O. The molecule has 0 aliphatic rings. The highest BCUT2D eigenvalue weighted by molar-refractivity contribution is 5.89. The third kappa shape index (κ3) is 5.32. The molecule has 0 bridgehead atoms. The average molecular weight is 246 g/mol. The van der Waals surface area contributed by atoms with Gasteiger partial charge in [-0.15, -0.1) is 0 Å². The first-order valence-electron chi connectivity index (χ1n) is 6.02. The lowest BCUT2D eigenvalue weighted by atomic mass is 10.2. The number of carbonyl (C=O) groups is 1. The molecule has 5 nitrogen and oxygen atoms in total. The van der Waals surface area contributed by atoms with Gasteiger partial charge in [0.1, 0.15) is 0 Å². The van der Waals surface area contributed by atoms with Gasteiger partial charge in [-0.2, -0.15) is 5.26 Å². The Hall–Kier alpha value is -2.06. The number of nitriles is 1. The lowest BCUT2D eigenvalue weighted by Crippen LogP contribution is -2.34. The van der Waals surface area contributed by atoms with Crippen LogP contribution in [0, 0.1) is 11.3 Å². The van der Waals surface area contributed by atoms with Crippen molar-refractivity contribution in [1.29, 1.82) is 5.26 Å². The molecule has 0 aromatic heterocycles. The summed E-state index contributed by atoms with van der Waals surface area (Å²) in [5.74, 6) is 0. The fourth-order valence-electron chi connectivity index (χ4n) is 1.37. The van der Waals surface area contributed by atoms with Crippen molar-refractivity contribution < 1.29 is 4.79 Å². The number of anilines is 1. The maximum Gasteiger partial charge on any atom is 0.319 e. The number of rotatable bonds is 6. The summed E-state index contributed by atoms with van der Waals surface area (Å²) in [6.45, 7) is 4.40. The SMILES string of the molecule is CCCNCCNC(=O)Nc1ccc(C#N)cc1. The van der Waals surface area contributed by atoms with Gasteiger partial charge in [0.05, 0.1) is 11.6 Å². The van der Waals surface area contributed by atoms with E-state index in [2.05, 4.69) is 22.9 Å². The Balaban J connectivity index is 2.25. The fraction of sp³-hybridized carbons (Fsp3) is 0.385. The van der Waals surface area contributed by atoms with E-state index < -0.39 is 0 Å². The Morgan fingerprint density at radius 3 is 2.56 bits per heavy atom. The molecule has 0 heterocycles. The summed E-state index contributed by atoms with van der Waals surface area (Å²) in [4.78, 5) is 11.5. The summed E-state index contributed by atoms with van der Waals surface area (Å²) in [6, 6.07) is 8.52. The van der Waals surface area contributed by atoms with Crippen molar-refractivity contribution >= 4 is 11.7 Å². The minimum Gasteiger partial charge on any atom is -0.337 e. The number of urea groups is 1. The van der Waals surface area contributed by atoms with Crippen molar-refractivity contribution in [2.45, 2.75) is 13.3 Å². The van der Waals surface area contributed by atoms with Gasteiger partial charge in [-0.1, -0.05) is 6.92 Å². The molecule has 18 heavy (non-hydrogen) atoms. The molecule has 1 aromatic carbocycles. The van der Waals surface area contributed by atoms with Gasteiger partial charge in [0.25, 0.3) is 0 Å². The predicted octanol–water partition coefficient (Wildman–Crippen LogP) is 1.68. The topological polar surface area (TPSA) is 76.9 Å². The normalized spacial score (nSPS) is 9.56. The zero-order valence-electron chi connectivity index (χ0n) is 10.5. The highest BCUT2D eigenvalue weighted by atomic mass is 16.2. The van der Waals surface area contributed by atoms with E-state index >= 15 is 0 Å². The van der Waals surface area contributed by atoms with Crippen molar-refractivity contribution in [3.63, 3.8) is 0 Å². The van der Waals surface area contributed by atoms with Gasteiger partial charge in [0.15, 0.2) is 0 Å². The standard InChI is InChI=1S/C13H18N4O/c1-2-7-15-8-9-16-13(18)17-12-5-3-11(10-14)4-6-12/h3-6,15H,2,7-9H2,1H3,(H2,16,17,18). The Kier molecular flexibility index (Phi) is 6.30. The van der Waals surface area contributed by atoms with Gasteiger partial charge in [-0.05, 0) is 37.2 Å². The molecular weight excluding hydrogens is 228 g/mol. The Morgan fingerprint density at radius 2 is 1.94 bits per heavy atom. The molecule has 1 rings (SSSR count). The number of benzene rings is 1. The van der Waals surface area contributed by atoms with Crippen LogP contribution in [0.2, 0.25) is 0 Å². The van der Waals surface area contributed by atoms with E-state index in [9.17, 15) is 4.79 Å². The van der Waals surface area contributed by atoms with Crippen LogP contribution in [0.1, 0.15) is 18.9 Å². The average Bonchev–Trinajstić information content (AvgIpc) is 2.39. The summed E-state index contributed by atoms with van der Waals surface area (Å²) in [6.07, 6.45) is 1.08. The summed E-state index contributed by atoms with van der Waals surface area (Å²) in [7, 11) is 0. The van der Waals surface area contributed by atoms with Crippen LogP contribution in [0.4, 0.5) is 10.5 Å². The molecule has 0 unspecified atom stereocenters. The van der Waals surface area contributed by atoms with E-state index in [1.807, 2.05) is 6.07 Å². The molecule has 0 saturated carbocycles. The van der Waals surface area contributed by atoms with E-state index in [1.54, 1.807) is 24.3 Å². The lowest BCUT2D eigenvalue weighted by molar-refractivity contribution is 0.252. The summed E-state index contributed by atoms with van der Waals surface area (Å²) in [5, 5.41) is 17.3. The molecule has 2 amide bonds. The van der Waals surface area contributed by atoms with E-state index in [1.165, 1.54) is 0 Å². The van der Waals surface area contributed by atoms with Crippen LogP contribution in [0.3, 0.4) is 0 Å². The van der Waals surface area contributed by atoms with Crippen LogP contribution >= 0.6 is 0 Å². The molecule has 0 aliphatic carbocycles. The number of carbonyl (C=O) groups excluding carboxylic acids is 1. The Bertz CT molecular complexity index is 408. The monoisotopic (exact) mass is 246 g/mol. The van der Waals surface area contributed by atoms with Crippen LogP contribution in [0.15, 0.2) is 24.3 Å². The van der Waals surface area contributed by atoms with Gasteiger partial charge >= 0.3 is 6.03 Å². The second kappa shape index (κ2) is 8.09. The first kappa shape index (κ1) is 14.0. The number of amides is 2. The zero-order valence-corrected chi connectivity index (χ0v) is 10.5. The van der Waals surface area contributed by atoms with Gasteiger partial charge < -0.3 is 16.0 Å². The van der Waals surface area contributed by atoms with E-state index in [-0.39, 0.29) is 6.03 Å². The molecule has 0 spiro atoms. The van der Waals surface area contributed by atoms with Crippen molar-refractivity contribution in [3.05, 3.63) is 29.8 Å². The van der Waals surface area contributed by atoms with Crippen molar-refractivity contribution in [2.24, 2.45) is 0 Å². The van der Waals surface area contributed by atoms with E-state index in [4.69, 9.17) is 5.26 Å². The van der Waals surface area contributed by atoms with Gasteiger partial charge in [0.2, 0.25) is 0 Å². The summed E-state index contributed by atoms with van der Waals surface area (Å²) in [5.41, 5.74) is 1.25. The molecule has 0 atom stereocenters. The largest absolute Gasteiger partial charge is 0.337 e. The summed E-state index contributed by atoms with van der Waals surface area (Å²) >= 11 is 0. The third-order valence-electron chi connectivity index (χ3n) is 2.29. The first-order valence-corrected chi connectivity index (χ1v) is 6.02. The maximum absolute atomic E-state index is 11.5. The van der Waals surface area contributed by atoms with Gasteiger partial charge in [-0.3, -0.25) is 0 Å². The number of hydrogen-bond acceptors (Lipinski definition) is 3. The second-order valence-electron chi connectivity index (χ2n) is 3.82. The minimum absolute atomic E-state index is 0.238. The summed E-state index contributed by atoms with van der Waals surface area (Å²) < 4.78 is 0. The van der Waals surface area contributed by atoms with Crippen molar-refractivity contribution in [1.82, 2.24) is 10.6 Å². The van der Waals surface area contributed by atoms with Gasteiger partial charge in [0, 0.05) is 18.8 Å². The minimum atomic E-state index is -0.238. The molecule has 0 aliphatic heterocycles. The quantitative estimate of drug-likeness (QED) is 0.668. The van der Waals surface area contributed by atoms with Crippen LogP contribution in [-0.2, 0) is 0 Å². The van der Waals surface area contributed by atoms with Gasteiger partial charge in [-0.25, -0.2) is 4.79 Å². The number of hydrogen-bond donors (Lipinski definition) is 3. The van der Waals surface area contributed by atoms with Crippen LogP contribution in [-0.4, -0.2) is 25.7 Å². The maximum atomic E-state index is 11.5. The van der Waals surface area contributed by atoms with Crippen LogP contribution in [0.25, 0.3) is 0 Å². The number of nitrogens with one attached hydrogen (secondary N) is 3. The predicted molar refractivity (Wildman–Crippen MR) is 71.3 cm³/mol.